The first kappa shape index (κ1) is 9.06. The molecule has 1 aliphatic heterocycles. The van der Waals surface area contributed by atoms with Crippen LogP contribution in [-0.4, -0.2) is 0 Å². The topological polar surface area (TPSA) is 9.23 Å². The van der Waals surface area contributed by atoms with Crippen LogP contribution in [0.1, 0.15) is 18.4 Å². The molecule has 4 rings (SSSR count). The average Bonchev–Trinajstić information content (AvgIpc) is 2.83. The van der Waals surface area contributed by atoms with Gasteiger partial charge in [-0.3, -0.25) is 0 Å². The predicted octanol–water partition coefficient (Wildman–Crippen LogP) is 4.29. The van der Waals surface area contributed by atoms with Crippen LogP contribution in [-0.2, 0) is 0 Å². The van der Waals surface area contributed by atoms with Crippen LogP contribution >= 0.6 is 0 Å². The summed E-state index contributed by atoms with van der Waals surface area (Å²) in [4.78, 5) is 0. The number of rotatable bonds is 0. The molecule has 1 aliphatic carbocycles. The summed E-state index contributed by atoms with van der Waals surface area (Å²) in [5.41, 5.74) is 2.58. The zero-order chi connectivity index (χ0) is 11.2. The molecule has 0 aromatic heterocycles. The van der Waals surface area contributed by atoms with E-state index in [-0.39, 0.29) is 0 Å². The Labute approximate surface area is 100 Å². The van der Waals surface area contributed by atoms with Gasteiger partial charge in [0.1, 0.15) is 11.5 Å². The molecule has 0 atom stereocenters. The molecule has 1 nitrogen and oxygen atoms in total. The van der Waals surface area contributed by atoms with Crippen LogP contribution in [0.2, 0.25) is 0 Å². The second kappa shape index (κ2) is 3.24. The second-order valence-corrected chi connectivity index (χ2v) is 4.58. The van der Waals surface area contributed by atoms with Crippen molar-refractivity contribution in [3.8, 4) is 5.75 Å². The molecular weight excluding hydrogens is 208 g/mol. The lowest BCUT2D eigenvalue weighted by atomic mass is 9.99. The fourth-order valence-corrected chi connectivity index (χ4v) is 2.67. The highest BCUT2D eigenvalue weighted by Crippen LogP contribution is 2.40. The van der Waals surface area contributed by atoms with Crippen molar-refractivity contribution in [2.75, 3.05) is 0 Å². The van der Waals surface area contributed by atoms with E-state index in [0.29, 0.717) is 0 Å². The first-order valence-corrected chi connectivity index (χ1v) is 6.02. The molecule has 0 unspecified atom stereocenters. The van der Waals surface area contributed by atoms with Gasteiger partial charge < -0.3 is 4.74 Å². The standard InChI is InChI=1S/C16H12O/c1-2-6-13-11(4-1)8-9-16-14(13)10-12-5-3-7-15(12)17-16/h1-2,4,6-10H,3,5H2. The largest absolute Gasteiger partial charge is 0.457 e. The smallest absolute Gasteiger partial charge is 0.135 e. The van der Waals surface area contributed by atoms with Gasteiger partial charge in [0, 0.05) is 5.56 Å². The zero-order valence-corrected chi connectivity index (χ0v) is 9.44. The third kappa shape index (κ3) is 1.26. The number of benzene rings is 2. The molecule has 0 amide bonds. The van der Waals surface area contributed by atoms with E-state index in [1.165, 1.54) is 21.9 Å². The van der Waals surface area contributed by atoms with E-state index in [1.54, 1.807) is 0 Å². The first-order chi connectivity index (χ1) is 8.42. The Morgan fingerprint density at radius 2 is 1.94 bits per heavy atom. The molecule has 0 radical (unpaired) electrons. The average molecular weight is 220 g/mol. The maximum absolute atomic E-state index is 5.96. The van der Waals surface area contributed by atoms with Crippen molar-refractivity contribution in [3.63, 3.8) is 0 Å². The summed E-state index contributed by atoms with van der Waals surface area (Å²) >= 11 is 0. The van der Waals surface area contributed by atoms with E-state index in [4.69, 9.17) is 4.74 Å². The molecule has 0 fully saturated rings. The monoisotopic (exact) mass is 220 g/mol. The SMILES string of the molecule is C1=C2CCC=C2Oc2ccc3ccccc3c21. The first-order valence-electron chi connectivity index (χ1n) is 6.02. The van der Waals surface area contributed by atoms with Gasteiger partial charge in [-0.05, 0) is 47.4 Å². The molecule has 0 spiro atoms. The number of ether oxygens (including phenoxy) is 1. The van der Waals surface area contributed by atoms with Crippen LogP contribution in [0, 0.1) is 0 Å². The molecule has 0 N–H and O–H groups in total. The van der Waals surface area contributed by atoms with E-state index < -0.39 is 0 Å². The summed E-state index contributed by atoms with van der Waals surface area (Å²) in [5.74, 6) is 2.05. The third-order valence-electron chi connectivity index (χ3n) is 3.53. The van der Waals surface area contributed by atoms with Crippen LogP contribution in [0.5, 0.6) is 5.75 Å². The summed E-state index contributed by atoms with van der Waals surface area (Å²) in [5, 5.41) is 2.56. The third-order valence-corrected chi connectivity index (χ3v) is 3.53. The molecule has 0 bridgehead atoms. The van der Waals surface area contributed by atoms with Crippen molar-refractivity contribution in [1.29, 1.82) is 0 Å². The van der Waals surface area contributed by atoms with Crippen LogP contribution < -0.4 is 4.74 Å². The minimum atomic E-state index is 0.987. The van der Waals surface area contributed by atoms with Crippen molar-refractivity contribution >= 4 is 16.8 Å². The number of hydrogen-bond donors (Lipinski definition) is 0. The lowest BCUT2D eigenvalue weighted by molar-refractivity contribution is 0.434. The highest BCUT2D eigenvalue weighted by Gasteiger charge is 2.21. The molecule has 0 saturated heterocycles. The molecular formula is C16H12O. The second-order valence-electron chi connectivity index (χ2n) is 4.58. The summed E-state index contributed by atoms with van der Waals surface area (Å²) in [6.45, 7) is 0. The summed E-state index contributed by atoms with van der Waals surface area (Å²) in [6, 6.07) is 12.7. The van der Waals surface area contributed by atoms with Crippen molar-refractivity contribution in [3.05, 3.63) is 59.4 Å². The van der Waals surface area contributed by atoms with Crippen LogP contribution in [0.3, 0.4) is 0 Å². The molecule has 2 aliphatic rings. The fourth-order valence-electron chi connectivity index (χ4n) is 2.67. The van der Waals surface area contributed by atoms with Crippen molar-refractivity contribution in [2.24, 2.45) is 0 Å². The van der Waals surface area contributed by atoms with Gasteiger partial charge in [-0.15, -0.1) is 0 Å². The van der Waals surface area contributed by atoms with Gasteiger partial charge in [0.05, 0.1) is 0 Å². The number of allylic oxidation sites excluding steroid dienone is 2. The quantitative estimate of drug-likeness (QED) is 0.643. The Balaban J connectivity index is 2.05. The highest BCUT2D eigenvalue weighted by atomic mass is 16.5. The molecule has 82 valence electrons. The maximum atomic E-state index is 5.96. The van der Waals surface area contributed by atoms with E-state index in [9.17, 15) is 0 Å². The molecule has 1 heteroatoms. The van der Waals surface area contributed by atoms with E-state index in [0.717, 1.165) is 24.4 Å². The Hall–Kier alpha value is -2.02. The van der Waals surface area contributed by atoms with E-state index in [2.05, 4.69) is 48.6 Å². The van der Waals surface area contributed by atoms with Gasteiger partial charge in [0.25, 0.3) is 0 Å². The van der Waals surface area contributed by atoms with Gasteiger partial charge in [-0.1, -0.05) is 30.3 Å². The Morgan fingerprint density at radius 3 is 2.94 bits per heavy atom. The highest BCUT2D eigenvalue weighted by molar-refractivity contribution is 5.94. The van der Waals surface area contributed by atoms with Crippen molar-refractivity contribution in [1.82, 2.24) is 0 Å². The lowest BCUT2D eigenvalue weighted by Crippen LogP contribution is -2.02. The fraction of sp³-hybridized carbons (Fsp3) is 0.125. The van der Waals surface area contributed by atoms with Gasteiger partial charge in [0.2, 0.25) is 0 Å². The van der Waals surface area contributed by atoms with Gasteiger partial charge in [-0.25, -0.2) is 0 Å². The van der Waals surface area contributed by atoms with Crippen molar-refractivity contribution < 1.29 is 4.74 Å². The van der Waals surface area contributed by atoms with Crippen LogP contribution in [0.15, 0.2) is 53.8 Å². The molecule has 2 aromatic rings. The maximum Gasteiger partial charge on any atom is 0.135 e. The molecule has 1 heterocycles. The summed E-state index contributed by atoms with van der Waals surface area (Å²) < 4.78 is 5.96. The normalized spacial score (nSPS) is 16.9. The minimum absolute atomic E-state index is 0.987. The Morgan fingerprint density at radius 1 is 1.00 bits per heavy atom. The van der Waals surface area contributed by atoms with Gasteiger partial charge in [-0.2, -0.15) is 0 Å². The number of fused-ring (bicyclic) bond motifs is 4. The zero-order valence-electron chi connectivity index (χ0n) is 9.44. The Bertz CT molecular complexity index is 677. The van der Waals surface area contributed by atoms with E-state index >= 15 is 0 Å². The van der Waals surface area contributed by atoms with Gasteiger partial charge >= 0.3 is 0 Å². The Kier molecular flexibility index (Phi) is 1.72. The number of hydrogen-bond acceptors (Lipinski definition) is 1. The molecule has 17 heavy (non-hydrogen) atoms. The van der Waals surface area contributed by atoms with E-state index in [1.807, 2.05) is 0 Å². The molecule has 2 aromatic carbocycles. The van der Waals surface area contributed by atoms with Gasteiger partial charge in [0.15, 0.2) is 0 Å². The predicted molar refractivity (Wildman–Crippen MR) is 69.9 cm³/mol. The lowest BCUT2D eigenvalue weighted by Gasteiger charge is -2.18. The van der Waals surface area contributed by atoms with Crippen LogP contribution in [0.25, 0.3) is 16.8 Å². The van der Waals surface area contributed by atoms with Crippen molar-refractivity contribution in [2.45, 2.75) is 12.8 Å². The molecule has 0 saturated carbocycles. The summed E-state index contributed by atoms with van der Waals surface area (Å²) in [7, 11) is 0. The summed E-state index contributed by atoms with van der Waals surface area (Å²) in [6.07, 6.45) is 6.69. The van der Waals surface area contributed by atoms with Crippen LogP contribution in [0.4, 0.5) is 0 Å². The minimum Gasteiger partial charge on any atom is -0.457 e.